The first-order valence-corrected chi connectivity index (χ1v) is 38.3. The number of aryl methyl sites for hydroxylation is 13. The van der Waals surface area contributed by atoms with Gasteiger partial charge in [-0.05, 0) is 79.9 Å². The fourth-order valence-corrected chi connectivity index (χ4v) is 12.2. The second-order valence-electron chi connectivity index (χ2n) is 28.4. The van der Waals surface area contributed by atoms with Crippen molar-refractivity contribution < 1.29 is 19.5 Å². The van der Waals surface area contributed by atoms with Gasteiger partial charge >= 0.3 is 5.69 Å². The summed E-state index contributed by atoms with van der Waals surface area (Å²) in [5, 5.41) is 31.6. The molecule has 15 heterocycles. The van der Waals surface area contributed by atoms with Crippen molar-refractivity contribution in [1.82, 2.24) is 116 Å². The summed E-state index contributed by atoms with van der Waals surface area (Å²) in [5.74, 6) is 7.77. The number of hydrogen-bond donors (Lipinski definition) is 4. The van der Waals surface area contributed by atoms with E-state index in [2.05, 4.69) is 92.7 Å². The van der Waals surface area contributed by atoms with E-state index in [0.717, 1.165) is 94.0 Å². The maximum atomic E-state index is 12.0. The molecule has 0 unspecified atom stereocenters. The lowest BCUT2D eigenvalue weighted by Crippen LogP contribution is -2.26. The van der Waals surface area contributed by atoms with E-state index < -0.39 is 4.92 Å². The number of nitrogens with zero attached hydrogens (tertiary/aromatic N) is 26. The molecular formula is C85H92N30O11. The first-order valence-electron chi connectivity index (χ1n) is 38.3. The van der Waals surface area contributed by atoms with Crippen LogP contribution in [0.15, 0.2) is 220 Å². The van der Waals surface area contributed by atoms with Gasteiger partial charge in [-0.2, -0.15) is 20.1 Å². The number of nitro benzene ring substituents is 1. The van der Waals surface area contributed by atoms with E-state index >= 15 is 0 Å². The minimum Gasteiger partial charge on any atom is -0.383 e. The third-order valence-electron chi connectivity index (χ3n) is 18.6. The van der Waals surface area contributed by atoms with Gasteiger partial charge in [0.15, 0.2) is 45.3 Å². The van der Waals surface area contributed by atoms with Crippen molar-refractivity contribution in [2.75, 3.05) is 44.5 Å². The predicted octanol–water partition coefficient (Wildman–Crippen LogP) is 9.14. The maximum Gasteiger partial charge on any atom is 0.349 e. The largest absolute Gasteiger partial charge is 0.383 e. The molecule has 0 atom stereocenters. The molecule has 41 heteroatoms. The van der Waals surface area contributed by atoms with Crippen molar-refractivity contribution in [2.45, 2.75) is 34.1 Å². The third-order valence-corrected chi connectivity index (χ3v) is 18.6. The summed E-state index contributed by atoms with van der Waals surface area (Å²) in [6.45, 7) is 8.32. The molecule has 0 bridgehead atoms. The highest BCUT2D eigenvalue weighted by Crippen LogP contribution is 2.24. The monoisotopic (exact) mass is 1710 g/mol. The summed E-state index contributed by atoms with van der Waals surface area (Å²) in [6, 6.07) is 29.8. The van der Waals surface area contributed by atoms with Crippen LogP contribution in [0.1, 0.15) is 34.7 Å². The Kier molecular flexibility index (Phi) is 30.6. The number of pyridine rings is 3. The molecular weight excluding hydrogens is 1620 g/mol. The Morgan fingerprint density at radius 3 is 1.94 bits per heavy atom. The van der Waals surface area contributed by atoms with E-state index in [4.69, 9.17) is 15.4 Å². The zero-order valence-corrected chi connectivity index (χ0v) is 72.1. The lowest BCUT2D eigenvalue weighted by molar-refractivity contribution is -0.384. The summed E-state index contributed by atoms with van der Waals surface area (Å²) < 4.78 is 16.8. The molecule has 4 aromatic carbocycles. The van der Waals surface area contributed by atoms with Crippen LogP contribution in [-0.4, -0.2) is 160 Å². The van der Waals surface area contributed by atoms with Gasteiger partial charge in [-0.25, -0.2) is 60.6 Å². The summed E-state index contributed by atoms with van der Waals surface area (Å²) in [5.41, 5.74) is 21.6. The molecule has 0 saturated carbocycles. The van der Waals surface area contributed by atoms with E-state index in [-0.39, 0.29) is 44.2 Å². The number of nitro groups is 2. The van der Waals surface area contributed by atoms with Gasteiger partial charge in [-0.1, -0.05) is 60.0 Å². The second-order valence-corrected chi connectivity index (χ2v) is 28.4. The molecule has 0 fully saturated rings. The molecule has 0 radical (unpaired) electrons. The van der Waals surface area contributed by atoms with Gasteiger partial charge in [0.2, 0.25) is 0 Å². The van der Waals surface area contributed by atoms with Crippen LogP contribution >= 0.6 is 0 Å². The highest BCUT2D eigenvalue weighted by Gasteiger charge is 2.15. The zero-order chi connectivity index (χ0) is 91.2. The molecule has 14 aromatic heterocycles. The Morgan fingerprint density at radius 1 is 0.603 bits per heavy atom. The van der Waals surface area contributed by atoms with Crippen LogP contribution < -0.4 is 44.6 Å². The van der Waals surface area contributed by atoms with Crippen molar-refractivity contribution in [3.05, 3.63) is 291 Å². The van der Waals surface area contributed by atoms with Crippen LogP contribution in [0.5, 0.6) is 0 Å². The van der Waals surface area contributed by atoms with E-state index in [1.165, 1.54) is 49.0 Å². The van der Waals surface area contributed by atoms with E-state index in [9.17, 15) is 44.2 Å². The highest BCUT2D eigenvalue weighted by atomic mass is 16.6. The van der Waals surface area contributed by atoms with Gasteiger partial charge < -0.3 is 56.7 Å². The number of aromatic amines is 1. The molecule has 5 N–H and O–H groups in total. The van der Waals surface area contributed by atoms with Crippen molar-refractivity contribution in [3.63, 3.8) is 0 Å². The highest BCUT2D eigenvalue weighted by molar-refractivity contribution is 5.90. The van der Waals surface area contributed by atoms with Crippen LogP contribution in [0.3, 0.4) is 0 Å². The molecule has 1 aliphatic heterocycles. The lowest BCUT2D eigenvalue weighted by Gasteiger charge is -2.16. The normalized spacial score (nSPS) is 11.0. The van der Waals surface area contributed by atoms with Crippen molar-refractivity contribution in [1.29, 1.82) is 0 Å². The molecule has 0 spiro atoms. The number of imidazole rings is 3. The SMILES string of the molecule is CC#Cc1cn(C)c(=O)c2c(C)cccc12.CONc1nc(N=CN(C)C)nc2c1ncn2C.Cc1ccc2ccn(C)c(=O)c2c1.Cc1cccc2ccn(C)c(=O)c12.Cn1cc2c(N)ncnc2n1.Cn1cc2c(nc1=O)NOCC2.Cn1ccc([N+](=O)[O-])c1.Cn1ccc2cc([N+](=O)[O-])ccc21.Cn1cnc2c(=O)[nH]cnc21.Cn1cnc2cncnc21. The molecule has 18 aromatic rings. The summed E-state index contributed by atoms with van der Waals surface area (Å²) in [4.78, 5) is 139. The quantitative estimate of drug-likeness (QED) is 0.0396. The molecule has 648 valence electrons. The number of aromatic nitrogens is 23. The van der Waals surface area contributed by atoms with Crippen molar-refractivity contribution in [3.8, 4) is 11.8 Å². The Bertz CT molecular complexity index is 7370. The number of anilines is 3. The Hall–Kier alpha value is -16.6. The molecule has 0 amide bonds. The summed E-state index contributed by atoms with van der Waals surface area (Å²) >= 11 is 0. The molecule has 0 saturated heterocycles. The molecule has 126 heavy (non-hydrogen) atoms. The van der Waals surface area contributed by atoms with E-state index in [1.54, 1.807) is 167 Å². The van der Waals surface area contributed by atoms with Crippen LogP contribution in [0, 0.1) is 52.8 Å². The minimum absolute atomic E-state index is 0.0368. The van der Waals surface area contributed by atoms with Gasteiger partial charge in [0.1, 0.15) is 24.0 Å². The average molecular weight is 1710 g/mol. The number of fused-ring (bicyclic) bond motifs is 9. The summed E-state index contributed by atoms with van der Waals surface area (Å²) in [6.07, 6.45) is 27.3. The van der Waals surface area contributed by atoms with Crippen LogP contribution in [0.25, 0.3) is 87.7 Å². The smallest absolute Gasteiger partial charge is 0.349 e. The molecule has 19 rings (SSSR count). The Labute approximate surface area is 717 Å². The first-order chi connectivity index (χ1) is 60.2. The Morgan fingerprint density at radius 2 is 1.27 bits per heavy atom. The number of nitrogen functional groups attached to an aromatic ring is 1. The standard InChI is InChI=1S/C14H13NO.2C11H11NO.C10H15N7O.C9H8N2O2.C7H9N3O2.C6H7N5.C6H6N4O.C6H6N4.C5H6N2O2/c1-4-6-11-9-15(3)14(16)13-10(2)7-5-8-12(11)13;1-8-3-4-9-5-6-12(2)11(13)10(9)7-8;1-8-4-3-5-9-6-7-12(2)11(13)10(8)9;1-16(2)5-12-10-13-8(15-18-4)7-9(14-10)17(3)6-11-7;1-10-5-4-7-6-8(11(12)13)2-3-9(7)10;1-10-4-5-2-3-12-9-6(5)8-7(10)11;1-11-2-4-5(7)8-3-9-6(4)10-11;1-10-3-9-4-5(10)7-2-8-6(4)11;1-10-4-9-5-2-7-3-8-6(5)10;1-6-3-2-5(4-6)7(8)9/h5,7-9H,1-3H3;2*3-7H,1-2H3;5-6H,1-4H3,(H,13,14,15);2-6H,1H3;4H,2-3H2,1H3,(H,8,9,11);2-3H,1H3,(H2,7,8,9,10);2-3H,1H3,(H,7,8,11);2-4H,1H3;2-4H,1H3. The molecule has 41 nitrogen and oxygen atoms in total. The number of rotatable bonds is 6. The maximum absolute atomic E-state index is 12.0. The number of non-ortho nitro benzene ring substituents is 1. The molecule has 0 aliphatic carbocycles. The van der Waals surface area contributed by atoms with Gasteiger partial charge in [0.25, 0.3) is 39.6 Å². The number of nitrogens with one attached hydrogen (secondary N) is 3. The topological polar surface area (TPSA) is 476 Å². The van der Waals surface area contributed by atoms with Gasteiger partial charge in [-0.3, -0.25) is 53.8 Å². The number of benzene rings is 4. The number of H-pyrrole nitrogens is 1. The first kappa shape index (κ1) is 91.7. The van der Waals surface area contributed by atoms with E-state index in [1.807, 2.05) is 151 Å². The summed E-state index contributed by atoms with van der Waals surface area (Å²) in [7, 11) is 23.3. The van der Waals surface area contributed by atoms with Crippen LogP contribution in [0.2, 0.25) is 0 Å². The fraction of sp³-hybridized carbons (Fsp3) is 0.224. The van der Waals surface area contributed by atoms with Gasteiger partial charge in [0, 0.05) is 185 Å². The second kappa shape index (κ2) is 42.0. The fourth-order valence-electron chi connectivity index (χ4n) is 12.2. The average Bonchev–Trinajstić information content (AvgIpc) is 1.27. The number of nitrogens with two attached hydrogens (primary N) is 1. The van der Waals surface area contributed by atoms with Crippen LogP contribution in [0.4, 0.5) is 34.8 Å². The number of hydrogen-bond acceptors (Lipinski definition) is 27. The number of aliphatic imine (C=N–C) groups is 1. The van der Waals surface area contributed by atoms with Gasteiger partial charge in [-0.15, -0.1) is 5.92 Å². The van der Waals surface area contributed by atoms with Gasteiger partial charge in [0.05, 0.1) is 83.8 Å². The van der Waals surface area contributed by atoms with Crippen molar-refractivity contribution >= 4 is 129 Å². The van der Waals surface area contributed by atoms with Crippen LogP contribution in [-0.2, 0) is 86.6 Å². The third kappa shape index (κ3) is 23.1. The predicted molar refractivity (Wildman–Crippen MR) is 484 cm³/mol. The molecule has 1 aliphatic rings. The Balaban J connectivity index is 0.000000147. The minimum atomic E-state index is -0.417. The van der Waals surface area contributed by atoms with E-state index in [0.29, 0.717) is 58.0 Å². The lowest BCUT2D eigenvalue weighted by atomic mass is 10.0. The zero-order valence-electron chi connectivity index (χ0n) is 72.1. The van der Waals surface area contributed by atoms with Crippen molar-refractivity contribution in [2.24, 2.45) is 75.5 Å².